The van der Waals surface area contributed by atoms with Crippen LogP contribution >= 0.6 is 27.5 Å². The first-order chi connectivity index (χ1) is 15.9. The number of aromatic nitrogens is 4. The Bertz CT molecular complexity index is 1400. The monoisotopic (exact) mass is 528 g/mol. The lowest BCUT2D eigenvalue weighted by molar-refractivity contribution is -0.0218. The van der Waals surface area contributed by atoms with Gasteiger partial charge in [0.25, 0.3) is 0 Å². The second-order valence-electron chi connectivity index (χ2n) is 9.14. The Labute approximate surface area is 202 Å². The number of pyridine rings is 1. The van der Waals surface area contributed by atoms with Gasteiger partial charge in [-0.15, -0.1) is 0 Å². The number of rotatable bonds is 2. The molecule has 1 aliphatic heterocycles. The zero-order valence-corrected chi connectivity index (χ0v) is 19.8. The fourth-order valence-electron chi connectivity index (χ4n) is 5.60. The fraction of sp³-hybridized carbons (Fsp3) is 0.348. The molecule has 1 aromatic carbocycles. The van der Waals surface area contributed by atoms with Crippen molar-refractivity contribution >= 4 is 55.3 Å². The summed E-state index contributed by atoms with van der Waals surface area (Å²) >= 11 is 9.62. The highest BCUT2D eigenvalue weighted by Crippen LogP contribution is 2.52. The van der Waals surface area contributed by atoms with Crippen molar-refractivity contribution in [2.75, 3.05) is 12.3 Å². The van der Waals surface area contributed by atoms with E-state index in [1.54, 1.807) is 0 Å². The molecule has 170 valence electrons. The van der Waals surface area contributed by atoms with Crippen LogP contribution in [0.5, 0.6) is 0 Å². The van der Waals surface area contributed by atoms with Crippen molar-refractivity contribution in [3.63, 3.8) is 0 Å². The maximum Gasteiger partial charge on any atom is 0.145 e. The minimum absolute atomic E-state index is 0.0404. The van der Waals surface area contributed by atoms with Crippen molar-refractivity contribution in [1.29, 1.82) is 0 Å². The lowest BCUT2D eigenvalue weighted by Gasteiger charge is -2.27. The lowest BCUT2D eigenvalue weighted by atomic mass is 9.80. The van der Waals surface area contributed by atoms with E-state index in [-0.39, 0.29) is 12.1 Å². The molecule has 1 aliphatic carbocycles. The number of hydrogen-bond donors (Lipinski definition) is 4. The van der Waals surface area contributed by atoms with Crippen LogP contribution in [0.15, 0.2) is 47.3 Å². The molecule has 10 heteroatoms. The molecule has 4 aromatic rings. The van der Waals surface area contributed by atoms with Gasteiger partial charge in [-0.25, -0.2) is 15.0 Å². The standard InChI is InChI=1S/C23H22BrClN6O2/c24-14-5-11-1-2-12(6-15(11)30-20(14)25)16-7-23(9-27-16)8-17(18(32)19(23)33)31-4-3-13-21(26)28-10-29-22(13)31/h1-6,10,16-19,27,32-33H,7-9H2,(H2,26,28,29)/t16-,17-,18+,19+,23+/m1/s1. The summed E-state index contributed by atoms with van der Waals surface area (Å²) in [6.45, 7) is 0.606. The lowest BCUT2D eigenvalue weighted by Crippen LogP contribution is -2.38. The molecule has 0 radical (unpaired) electrons. The van der Waals surface area contributed by atoms with Crippen molar-refractivity contribution in [3.05, 3.63) is 58.0 Å². The summed E-state index contributed by atoms with van der Waals surface area (Å²) in [4.78, 5) is 12.9. The molecule has 0 unspecified atom stereocenters. The average molecular weight is 530 g/mol. The SMILES string of the molecule is Nc1ncnc2c1ccn2[C@@H]1C[C@@]2(CN[C@@H](c3ccc4cc(Br)c(Cl)nc4c3)C2)[C@@H](O)[C@H]1O. The van der Waals surface area contributed by atoms with Gasteiger partial charge < -0.3 is 25.8 Å². The van der Waals surface area contributed by atoms with Crippen molar-refractivity contribution in [2.24, 2.45) is 5.41 Å². The van der Waals surface area contributed by atoms with Gasteiger partial charge in [0, 0.05) is 29.6 Å². The van der Waals surface area contributed by atoms with E-state index >= 15 is 0 Å². The van der Waals surface area contributed by atoms with E-state index in [4.69, 9.17) is 17.3 Å². The Kier molecular flexibility index (Phi) is 4.90. The number of hydrogen-bond acceptors (Lipinski definition) is 7. The number of benzene rings is 1. The number of nitrogen functional groups attached to an aromatic ring is 1. The summed E-state index contributed by atoms with van der Waals surface area (Å²) in [7, 11) is 0. The van der Waals surface area contributed by atoms with Crippen LogP contribution in [0.2, 0.25) is 5.15 Å². The summed E-state index contributed by atoms with van der Waals surface area (Å²) in [5.41, 5.74) is 8.11. The molecule has 1 saturated carbocycles. The predicted molar refractivity (Wildman–Crippen MR) is 130 cm³/mol. The number of fused-ring (bicyclic) bond motifs is 2. The molecule has 0 amide bonds. The second-order valence-corrected chi connectivity index (χ2v) is 10.4. The van der Waals surface area contributed by atoms with Crippen molar-refractivity contribution in [3.8, 4) is 0 Å². The molecule has 33 heavy (non-hydrogen) atoms. The molecule has 5 N–H and O–H groups in total. The van der Waals surface area contributed by atoms with Gasteiger partial charge in [0.1, 0.15) is 29.0 Å². The first-order valence-corrected chi connectivity index (χ1v) is 12.0. The predicted octanol–water partition coefficient (Wildman–Crippen LogP) is 3.37. The highest BCUT2D eigenvalue weighted by Gasteiger charge is 2.56. The van der Waals surface area contributed by atoms with E-state index in [9.17, 15) is 10.2 Å². The smallest absolute Gasteiger partial charge is 0.145 e. The summed E-state index contributed by atoms with van der Waals surface area (Å²) in [6.07, 6.45) is 2.84. The van der Waals surface area contributed by atoms with Gasteiger partial charge in [0.15, 0.2) is 0 Å². The molecule has 6 rings (SSSR count). The first kappa shape index (κ1) is 21.2. The number of nitrogens with two attached hydrogens (primary N) is 1. The van der Waals surface area contributed by atoms with Crippen molar-refractivity contribution in [2.45, 2.75) is 37.1 Å². The molecule has 4 heterocycles. The minimum atomic E-state index is -0.910. The van der Waals surface area contributed by atoms with Gasteiger partial charge in [-0.1, -0.05) is 23.7 Å². The highest BCUT2D eigenvalue weighted by molar-refractivity contribution is 9.10. The molecular weight excluding hydrogens is 508 g/mol. The Hall–Kier alpha value is -2.30. The fourth-order valence-corrected chi connectivity index (χ4v) is 6.08. The van der Waals surface area contributed by atoms with E-state index in [1.807, 2.05) is 35.0 Å². The third-order valence-electron chi connectivity index (χ3n) is 7.32. The molecule has 1 spiro atoms. The molecule has 1 saturated heterocycles. The molecule has 8 nitrogen and oxygen atoms in total. The maximum atomic E-state index is 11.2. The van der Waals surface area contributed by atoms with Gasteiger partial charge in [-0.2, -0.15) is 0 Å². The van der Waals surface area contributed by atoms with E-state index in [1.165, 1.54) is 6.33 Å². The average Bonchev–Trinajstić information content (AvgIpc) is 3.48. The van der Waals surface area contributed by atoms with Crippen LogP contribution in [0.25, 0.3) is 21.9 Å². The van der Waals surface area contributed by atoms with E-state index in [0.29, 0.717) is 36.0 Å². The van der Waals surface area contributed by atoms with Crippen LogP contribution < -0.4 is 11.1 Å². The summed E-state index contributed by atoms with van der Waals surface area (Å²) in [5, 5.41) is 27.9. The Balaban J connectivity index is 1.30. The molecule has 3 aromatic heterocycles. The third kappa shape index (κ3) is 3.25. The number of nitrogens with zero attached hydrogens (tertiary/aromatic N) is 4. The number of halogens is 2. The van der Waals surface area contributed by atoms with Crippen LogP contribution in [0.4, 0.5) is 5.82 Å². The van der Waals surface area contributed by atoms with Crippen LogP contribution in [0.3, 0.4) is 0 Å². The quantitative estimate of drug-likeness (QED) is 0.294. The van der Waals surface area contributed by atoms with Gasteiger partial charge in [0.2, 0.25) is 0 Å². The molecular formula is C23H22BrClN6O2. The van der Waals surface area contributed by atoms with Gasteiger partial charge in [-0.05, 0) is 52.5 Å². The third-order valence-corrected chi connectivity index (χ3v) is 8.44. The summed E-state index contributed by atoms with van der Waals surface area (Å²) in [6, 6.07) is 9.70. The normalized spacial score (nSPS) is 29.6. The highest BCUT2D eigenvalue weighted by atomic mass is 79.9. The number of aliphatic hydroxyl groups is 2. The summed E-state index contributed by atoms with van der Waals surface area (Å²) < 4.78 is 2.68. The number of anilines is 1. The maximum absolute atomic E-state index is 11.2. The van der Waals surface area contributed by atoms with Crippen LogP contribution in [0, 0.1) is 5.41 Å². The Morgan fingerprint density at radius 1 is 1.18 bits per heavy atom. The van der Waals surface area contributed by atoms with E-state index < -0.39 is 17.6 Å². The number of nitrogens with one attached hydrogen (secondary N) is 1. The molecule has 2 fully saturated rings. The Morgan fingerprint density at radius 2 is 2.03 bits per heavy atom. The van der Waals surface area contributed by atoms with E-state index in [0.717, 1.165) is 26.3 Å². The van der Waals surface area contributed by atoms with Crippen LogP contribution in [-0.4, -0.2) is 48.5 Å². The second kappa shape index (κ2) is 7.61. The molecule has 5 atom stereocenters. The molecule has 2 aliphatic rings. The van der Waals surface area contributed by atoms with Gasteiger partial charge >= 0.3 is 0 Å². The van der Waals surface area contributed by atoms with Crippen molar-refractivity contribution < 1.29 is 10.2 Å². The number of aliphatic hydroxyl groups excluding tert-OH is 2. The Morgan fingerprint density at radius 3 is 2.88 bits per heavy atom. The zero-order valence-electron chi connectivity index (χ0n) is 17.5. The largest absolute Gasteiger partial charge is 0.390 e. The zero-order chi connectivity index (χ0) is 22.9. The molecule has 0 bridgehead atoms. The van der Waals surface area contributed by atoms with Crippen LogP contribution in [-0.2, 0) is 0 Å². The van der Waals surface area contributed by atoms with Crippen LogP contribution in [0.1, 0.15) is 30.5 Å². The summed E-state index contributed by atoms with van der Waals surface area (Å²) in [5.74, 6) is 0.404. The minimum Gasteiger partial charge on any atom is -0.390 e. The van der Waals surface area contributed by atoms with E-state index in [2.05, 4.69) is 42.3 Å². The van der Waals surface area contributed by atoms with Gasteiger partial charge in [-0.3, -0.25) is 0 Å². The topological polar surface area (TPSA) is 122 Å². The van der Waals surface area contributed by atoms with Gasteiger partial charge in [0.05, 0.1) is 27.5 Å². The van der Waals surface area contributed by atoms with Crippen molar-refractivity contribution in [1.82, 2.24) is 24.8 Å². The first-order valence-electron chi connectivity index (χ1n) is 10.8.